The van der Waals surface area contributed by atoms with Crippen LogP contribution in [0.1, 0.15) is 28.4 Å². The first-order valence-electron chi connectivity index (χ1n) is 8.72. The van der Waals surface area contributed by atoms with Crippen LogP contribution < -0.4 is 0 Å². The molecule has 2 heterocycles. The third kappa shape index (κ3) is 3.25. The summed E-state index contributed by atoms with van der Waals surface area (Å²) >= 11 is 6.23. The van der Waals surface area contributed by atoms with Gasteiger partial charge in [-0.2, -0.15) is 0 Å². The minimum Gasteiger partial charge on any atom is -0.437 e. The lowest BCUT2D eigenvalue weighted by Crippen LogP contribution is -2.52. The highest BCUT2D eigenvalue weighted by molar-refractivity contribution is 6.45. The van der Waals surface area contributed by atoms with E-state index < -0.39 is 7.05 Å². The van der Waals surface area contributed by atoms with Crippen LogP contribution in [0.25, 0.3) is 12.2 Å². The molecule has 1 aliphatic carbocycles. The van der Waals surface area contributed by atoms with Crippen LogP contribution in [-0.4, -0.2) is 52.9 Å². The van der Waals surface area contributed by atoms with E-state index >= 15 is 0 Å². The second-order valence-corrected chi connectivity index (χ2v) is 7.13. The molecule has 0 spiro atoms. The quantitative estimate of drug-likeness (QED) is 0.843. The Kier molecular flexibility index (Phi) is 4.65. The number of halogens is 1. The lowest BCUT2D eigenvalue weighted by Gasteiger charge is -2.40. The average molecular weight is 354 g/mol. The van der Waals surface area contributed by atoms with Gasteiger partial charge in [0.15, 0.2) is 0 Å². The highest BCUT2D eigenvalue weighted by Crippen LogP contribution is 2.37. The van der Waals surface area contributed by atoms with Crippen LogP contribution >= 0.6 is 11.6 Å². The molecule has 1 aromatic carbocycles. The van der Waals surface area contributed by atoms with Crippen molar-refractivity contribution in [3.8, 4) is 0 Å². The largest absolute Gasteiger partial charge is 0.437 e. The summed E-state index contributed by atoms with van der Waals surface area (Å²) in [4.78, 5) is 9.29. The monoisotopic (exact) mass is 353 g/mol. The number of piperazine rings is 1. The Balaban J connectivity index is 1.75. The summed E-state index contributed by atoms with van der Waals surface area (Å²) in [6.45, 7) is 5.33. The van der Waals surface area contributed by atoms with Gasteiger partial charge in [0.2, 0.25) is 0 Å². The Morgan fingerprint density at radius 3 is 2.64 bits per heavy atom. The van der Waals surface area contributed by atoms with Crippen LogP contribution in [0, 0.1) is 0 Å². The molecule has 128 valence electrons. The first-order valence-corrected chi connectivity index (χ1v) is 9.10. The Hall–Kier alpha value is -1.66. The standard InChI is InChI=1S/C19H21BClN3O/c1-20(25)24-11-9-23(10-12-24)19-17-7-6-16(21)13-15(17)5-4-14-3-2-8-22-18(14)19/h2-8,13,19,25H,9-12H2,1H3. The predicted molar refractivity (Wildman–Crippen MR) is 103 cm³/mol. The van der Waals surface area contributed by atoms with Gasteiger partial charge in [-0.1, -0.05) is 35.9 Å². The summed E-state index contributed by atoms with van der Waals surface area (Å²) < 4.78 is 0. The predicted octanol–water partition coefficient (Wildman–Crippen LogP) is 3.04. The van der Waals surface area contributed by atoms with Gasteiger partial charge in [0.1, 0.15) is 0 Å². The van der Waals surface area contributed by atoms with Gasteiger partial charge in [-0.3, -0.25) is 9.88 Å². The molecule has 4 nitrogen and oxygen atoms in total. The summed E-state index contributed by atoms with van der Waals surface area (Å²) in [7, 11) is -0.394. The van der Waals surface area contributed by atoms with Gasteiger partial charge in [-0.15, -0.1) is 0 Å². The molecule has 2 aliphatic rings. The van der Waals surface area contributed by atoms with Gasteiger partial charge in [-0.05, 0) is 41.7 Å². The normalized spacial score (nSPS) is 20.7. The van der Waals surface area contributed by atoms with Crippen molar-refractivity contribution in [3.05, 3.63) is 63.9 Å². The summed E-state index contributed by atoms with van der Waals surface area (Å²) in [6, 6.07) is 10.3. The molecule has 2 aromatic rings. The molecule has 0 radical (unpaired) electrons. The zero-order valence-electron chi connectivity index (χ0n) is 14.3. The lowest BCUT2D eigenvalue weighted by molar-refractivity contribution is 0.144. The number of hydrogen-bond donors (Lipinski definition) is 1. The number of aromatic nitrogens is 1. The average Bonchev–Trinajstić information content (AvgIpc) is 2.78. The summed E-state index contributed by atoms with van der Waals surface area (Å²) in [5, 5.41) is 10.6. The third-order valence-electron chi connectivity index (χ3n) is 5.16. The number of hydrogen-bond acceptors (Lipinski definition) is 4. The minimum atomic E-state index is -0.394. The van der Waals surface area contributed by atoms with Crippen LogP contribution in [-0.2, 0) is 0 Å². The second-order valence-electron chi connectivity index (χ2n) is 6.69. The van der Waals surface area contributed by atoms with Crippen molar-refractivity contribution < 1.29 is 5.02 Å². The van der Waals surface area contributed by atoms with Gasteiger partial charge in [-0.25, -0.2) is 0 Å². The van der Waals surface area contributed by atoms with Crippen molar-refractivity contribution in [1.82, 2.24) is 14.7 Å². The van der Waals surface area contributed by atoms with Gasteiger partial charge in [0, 0.05) is 37.4 Å². The van der Waals surface area contributed by atoms with Crippen LogP contribution in [0.15, 0.2) is 36.5 Å². The van der Waals surface area contributed by atoms with Crippen molar-refractivity contribution in [3.63, 3.8) is 0 Å². The van der Waals surface area contributed by atoms with E-state index in [9.17, 15) is 5.02 Å². The van der Waals surface area contributed by atoms with E-state index in [1.54, 1.807) is 0 Å². The molecule has 1 atom stereocenters. The van der Waals surface area contributed by atoms with E-state index in [4.69, 9.17) is 16.6 Å². The molecular formula is C19H21BClN3O. The number of rotatable bonds is 2. The highest BCUT2D eigenvalue weighted by Gasteiger charge is 2.32. The van der Waals surface area contributed by atoms with Crippen LogP contribution in [0.4, 0.5) is 0 Å². The van der Waals surface area contributed by atoms with Crippen molar-refractivity contribution in [2.24, 2.45) is 0 Å². The molecule has 1 unspecified atom stereocenters. The molecule has 4 rings (SSSR count). The van der Waals surface area contributed by atoms with Crippen LogP contribution in [0.5, 0.6) is 0 Å². The van der Waals surface area contributed by atoms with Crippen molar-refractivity contribution in [1.29, 1.82) is 0 Å². The summed E-state index contributed by atoms with van der Waals surface area (Å²) in [5.41, 5.74) is 4.63. The third-order valence-corrected chi connectivity index (χ3v) is 5.39. The fourth-order valence-electron chi connectivity index (χ4n) is 3.80. The Morgan fingerprint density at radius 1 is 1.12 bits per heavy atom. The first-order chi connectivity index (χ1) is 12.1. The number of nitrogens with zero attached hydrogens (tertiary/aromatic N) is 3. The van der Waals surface area contributed by atoms with Crippen LogP contribution in [0.3, 0.4) is 0 Å². The van der Waals surface area contributed by atoms with E-state index in [1.807, 2.05) is 31.2 Å². The van der Waals surface area contributed by atoms with Crippen molar-refractivity contribution in [2.75, 3.05) is 26.2 Å². The lowest BCUT2D eigenvalue weighted by atomic mass is 9.84. The van der Waals surface area contributed by atoms with E-state index in [2.05, 4.69) is 34.0 Å². The first kappa shape index (κ1) is 16.8. The molecule has 0 amide bonds. The number of benzene rings is 1. The van der Waals surface area contributed by atoms with Crippen molar-refractivity contribution in [2.45, 2.75) is 12.9 Å². The molecule has 1 N–H and O–H groups in total. The van der Waals surface area contributed by atoms with Gasteiger partial charge >= 0.3 is 7.05 Å². The SMILES string of the molecule is CB(O)N1CCN(C2c3ccc(Cl)cc3C=Cc3cccnc32)CC1. The van der Waals surface area contributed by atoms with E-state index in [1.165, 1.54) is 5.56 Å². The molecule has 0 saturated carbocycles. The Bertz CT molecular complexity index is 803. The Morgan fingerprint density at radius 2 is 1.88 bits per heavy atom. The topological polar surface area (TPSA) is 39.6 Å². The zero-order chi connectivity index (χ0) is 17.4. The molecule has 25 heavy (non-hydrogen) atoms. The van der Waals surface area contributed by atoms with Gasteiger partial charge in [0.25, 0.3) is 0 Å². The minimum absolute atomic E-state index is 0.106. The number of fused-ring (bicyclic) bond motifs is 2. The maximum atomic E-state index is 9.84. The molecule has 1 fully saturated rings. The molecule has 1 saturated heterocycles. The molecular weight excluding hydrogens is 332 g/mol. The molecule has 0 bridgehead atoms. The summed E-state index contributed by atoms with van der Waals surface area (Å²) in [6.07, 6.45) is 6.13. The zero-order valence-corrected chi connectivity index (χ0v) is 15.0. The van der Waals surface area contributed by atoms with Crippen molar-refractivity contribution >= 4 is 30.8 Å². The molecule has 1 aliphatic heterocycles. The Labute approximate surface area is 153 Å². The maximum absolute atomic E-state index is 9.84. The highest BCUT2D eigenvalue weighted by atomic mass is 35.5. The van der Waals surface area contributed by atoms with Gasteiger partial charge < -0.3 is 9.83 Å². The van der Waals surface area contributed by atoms with Gasteiger partial charge in [0.05, 0.1) is 11.7 Å². The molecule has 6 heteroatoms. The number of pyridine rings is 1. The molecule has 1 aromatic heterocycles. The van der Waals surface area contributed by atoms with E-state index in [0.29, 0.717) is 0 Å². The maximum Gasteiger partial charge on any atom is 0.376 e. The van der Waals surface area contributed by atoms with E-state index in [-0.39, 0.29) is 6.04 Å². The summed E-state index contributed by atoms with van der Waals surface area (Å²) in [5.74, 6) is 0. The fourth-order valence-corrected chi connectivity index (χ4v) is 3.98. The second kappa shape index (κ2) is 6.92. The van der Waals surface area contributed by atoms with E-state index in [0.717, 1.165) is 48.0 Å². The fraction of sp³-hybridized carbons (Fsp3) is 0.316. The van der Waals surface area contributed by atoms with Crippen LogP contribution in [0.2, 0.25) is 11.8 Å². The smallest absolute Gasteiger partial charge is 0.376 e.